The van der Waals surface area contributed by atoms with Gasteiger partial charge in [-0.25, -0.2) is 5.43 Å². The molecule has 2 aromatic carbocycles. The van der Waals surface area contributed by atoms with Crippen LogP contribution in [0.1, 0.15) is 5.56 Å². The molecule has 3 aromatic rings. The van der Waals surface area contributed by atoms with Gasteiger partial charge in [-0.15, -0.1) is 0 Å². The topological polar surface area (TPSA) is 149 Å². The molecular formula is C22H24N8O5. The molecule has 0 saturated carbocycles. The summed E-state index contributed by atoms with van der Waals surface area (Å²) >= 11 is 0. The molecule has 1 fully saturated rings. The number of non-ortho nitro benzene ring substituents is 1. The van der Waals surface area contributed by atoms with Crippen LogP contribution in [0.3, 0.4) is 0 Å². The number of nitro groups is 1. The van der Waals surface area contributed by atoms with Crippen molar-refractivity contribution in [3.8, 4) is 11.5 Å². The molecule has 4 rings (SSSR count). The van der Waals surface area contributed by atoms with Gasteiger partial charge in [0.1, 0.15) is 0 Å². The molecule has 0 spiro atoms. The molecule has 13 nitrogen and oxygen atoms in total. The van der Waals surface area contributed by atoms with Crippen LogP contribution in [0.4, 0.5) is 29.2 Å². The van der Waals surface area contributed by atoms with E-state index in [-0.39, 0.29) is 17.6 Å². The van der Waals surface area contributed by atoms with E-state index in [2.05, 4.69) is 30.8 Å². The third-order valence-electron chi connectivity index (χ3n) is 5.02. The van der Waals surface area contributed by atoms with Crippen LogP contribution in [0.25, 0.3) is 0 Å². The van der Waals surface area contributed by atoms with Crippen molar-refractivity contribution in [1.29, 1.82) is 0 Å². The number of nitrogens with one attached hydrogen (secondary N) is 2. The number of morpholine rings is 1. The number of hydrazone groups is 1. The molecule has 0 aliphatic carbocycles. The van der Waals surface area contributed by atoms with Gasteiger partial charge in [-0.3, -0.25) is 10.1 Å². The van der Waals surface area contributed by atoms with Crippen molar-refractivity contribution in [2.45, 2.75) is 0 Å². The van der Waals surface area contributed by atoms with Gasteiger partial charge in [0.2, 0.25) is 17.8 Å². The smallest absolute Gasteiger partial charge is 0.271 e. The molecular weight excluding hydrogens is 456 g/mol. The van der Waals surface area contributed by atoms with Crippen molar-refractivity contribution in [3.63, 3.8) is 0 Å². The van der Waals surface area contributed by atoms with Crippen LogP contribution in [-0.2, 0) is 4.74 Å². The van der Waals surface area contributed by atoms with Gasteiger partial charge in [-0.1, -0.05) is 6.07 Å². The largest absolute Gasteiger partial charge is 0.493 e. The highest BCUT2D eigenvalue weighted by atomic mass is 16.6. The maximum Gasteiger partial charge on any atom is 0.271 e. The van der Waals surface area contributed by atoms with Crippen molar-refractivity contribution in [2.75, 3.05) is 56.2 Å². The number of aromatic nitrogens is 3. The fraction of sp³-hybridized carbons (Fsp3) is 0.273. The fourth-order valence-electron chi connectivity index (χ4n) is 3.30. The summed E-state index contributed by atoms with van der Waals surface area (Å²) in [5.74, 6) is 2.04. The minimum absolute atomic E-state index is 0.0460. The van der Waals surface area contributed by atoms with Gasteiger partial charge in [0.15, 0.2) is 11.5 Å². The van der Waals surface area contributed by atoms with E-state index in [0.717, 1.165) is 5.56 Å². The SMILES string of the molecule is COc1ccc(/C=N\Nc2nc(Nc3cccc([N+](=O)[O-])c3)nc(N3CCOCC3)n2)cc1OC. The average molecular weight is 480 g/mol. The Bertz CT molecular complexity index is 1220. The Morgan fingerprint density at radius 3 is 2.57 bits per heavy atom. The molecule has 1 aromatic heterocycles. The second kappa shape index (κ2) is 11.1. The maximum atomic E-state index is 11.1. The van der Waals surface area contributed by atoms with Gasteiger partial charge in [0.05, 0.1) is 38.6 Å². The number of hydrogen-bond donors (Lipinski definition) is 2. The molecule has 0 bridgehead atoms. The Labute approximate surface area is 200 Å². The molecule has 1 aliphatic heterocycles. The van der Waals surface area contributed by atoms with Crippen LogP contribution in [-0.4, -0.2) is 66.6 Å². The fourth-order valence-corrected chi connectivity index (χ4v) is 3.30. The lowest BCUT2D eigenvalue weighted by Crippen LogP contribution is -2.37. The minimum Gasteiger partial charge on any atom is -0.493 e. The number of nitro benzene ring substituents is 1. The third kappa shape index (κ3) is 6.09. The lowest BCUT2D eigenvalue weighted by Gasteiger charge is -2.27. The molecule has 13 heteroatoms. The first-order valence-corrected chi connectivity index (χ1v) is 10.7. The molecule has 1 saturated heterocycles. The molecule has 0 atom stereocenters. The molecule has 0 amide bonds. The summed E-state index contributed by atoms with van der Waals surface area (Å²) in [6, 6.07) is 11.5. The number of benzene rings is 2. The van der Waals surface area contributed by atoms with Gasteiger partial charge in [0, 0.05) is 30.9 Å². The summed E-state index contributed by atoms with van der Waals surface area (Å²) in [6.07, 6.45) is 1.59. The Kier molecular flexibility index (Phi) is 7.47. The first-order valence-electron chi connectivity index (χ1n) is 10.7. The van der Waals surface area contributed by atoms with Gasteiger partial charge in [-0.2, -0.15) is 20.1 Å². The monoisotopic (exact) mass is 480 g/mol. The lowest BCUT2D eigenvalue weighted by atomic mass is 10.2. The number of anilines is 4. The van der Waals surface area contributed by atoms with E-state index in [9.17, 15) is 10.1 Å². The zero-order valence-corrected chi connectivity index (χ0v) is 19.2. The predicted molar refractivity (Wildman–Crippen MR) is 130 cm³/mol. The molecule has 2 N–H and O–H groups in total. The summed E-state index contributed by atoms with van der Waals surface area (Å²) in [5.41, 5.74) is 4.02. The number of methoxy groups -OCH3 is 2. The number of ether oxygens (including phenoxy) is 3. The van der Waals surface area contributed by atoms with Crippen molar-refractivity contribution >= 4 is 35.4 Å². The summed E-state index contributed by atoms with van der Waals surface area (Å²) in [7, 11) is 3.13. The Balaban J connectivity index is 1.57. The number of rotatable bonds is 9. The van der Waals surface area contributed by atoms with Crippen molar-refractivity contribution < 1.29 is 19.1 Å². The van der Waals surface area contributed by atoms with Crippen LogP contribution in [0.5, 0.6) is 11.5 Å². The molecule has 0 unspecified atom stereocenters. The van der Waals surface area contributed by atoms with Crippen molar-refractivity contribution in [1.82, 2.24) is 15.0 Å². The highest BCUT2D eigenvalue weighted by Crippen LogP contribution is 2.27. The normalized spacial score (nSPS) is 13.5. The van der Waals surface area contributed by atoms with Crippen molar-refractivity contribution in [3.05, 3.63) is 58.1 Å². The molecule has 35 heavy (non-hydrogen) atoms. The zero-order chi connectivity index (χ0) is 24.6. The maximum absolute atomic E-state index is 11.1. The molecule has 182 valence electrons. The second-order valence-corrected chi connectivity index (χ2v) is 7.30. The second-order valence-electron chi connectivity index (χ2n) is 7.30. The van der Waals surface area contributed by atoms with Crippen molar-refractivity contribution in [2.24, 2.45) is 5.10 Å². The molecule has 1 aliphatic rings. The summed E-state index contributed by atoms with van der Waals surface area (Å²) in [4.78, 5) is 25.9. The van der Waals surface area contributed by atoms with E-state index in [1.54, 1.807) is 44.7 Å². The highest BCUT2D eigenvalue weighted by Gasteiger charge is 2.17. The zero-order valence-electron chi connectivity index (χ0n) is 19.2. The summed E-state index contributed by atoms with van der Waals surface area (Å²) < 4.78 is 16.0. The van der Waals surface area contributed by atoms with E-state index in [1.165, 1.54) is 12.1 Å². The third-order valence-corrected chi connectivity index (χ3v) is 5.02. The summed E-state index contributed by atoms with van der Waals surface area (Å²) in [6.45, 7) is 2.35. The van der Waals surface area contributed by atoms with Crippen LogP contribution >= 0.6 is 0 Å². The van der Waals surface area contributed by atoms with Gasteiger partial charge >= 0.3 is 0 Å². The van der Waals surface area contributed by atoms with Crippen LogP contribution in [0, 0.1) is 10.1 Å². The van der Waals surface area contributed by atoms with E-state index in [4.69, 9.17) is 14.2 Å². The number of hydrogen-bond acceptors (Lipinski definition) is 12. The summed E-state index contributed by atoms with van der Waals surface area (Å²) in [5, 5.41) is 18.3. The Morgan fingerprint density at radius 1 is 1.06 bits per heavy atom. The Morgan fingerprint density at radius 2 is 1.83 bits per heavy atom. The molecule has 2 heterocycles. The quantitative estimate of drug-likeness (QED) is 0.264. The predicted octanol–water partition coefficient (Wildman–Crippen LogP) is 2.82. The van der Waals surface area contributed by atoms with E-state index < -0.39 is 4.92 Å². The van der Waals surface area contributed by atoms with Crippen LogP contribution in [0.15, 0.2) is 47.6 Å². The van der Waals surface area contributed by atoms with Gasteiger partial charge < -0.3 is 24.4 Å². The van der Waals surface area contributed by atoms with E-state index >= 15 is 0 Å². The van der Waals surface area contributed by atoms with E-state index in [0.29, 0.717) is 49.4 Å². The van der Waals surface area contributed by atoms with E-state index in [1.807, 2.05) is 11.0 Å². The van der Waals surface area contributed by atoms with Crippen LogP contribution < -0.4 is 25.1 Å². The first kappa shape index (κ1) is 23.6. The Hall–Kier alpha value is -4.52. The van der Waals surface area contributed by atoms with Gasteiger partial charge in [-0.05, 0) is 29.8 Å². The lowest BCUT2D eigenvalue weighted by molar-refractivity contribution is -0.384. The minimum atomic E-state index is -0.465. The average Bonchev–Trinajstić information content (AvgIpc) is 2.89. The first-order chi connectivity index (χ1) is 17.1. The van der Waals surface area contributed by atoms with Gasteiger partial charge in [0.25, 0.3) is 5.69 Å². The highest BCUT2D eigenvalue weighted by molar-refractivity contribution is 5.81. The standard InChI is InChI=1S/C22H24N8O5/c1-33-18-7-6-15(12-19(18)34-2)14-23-28-21-25-20(24-16-4-3-5-17(13-16)30(31)32)26-22(27-21)29-8-10-35-11-9-29/h3-7,12-14H,8-11H2,1-2H3,(H2,24,25,26,27,28)/b23-14-. The number of nitrogens with zero attached hydrogens (tertiary/aromatic N) is 6. The van der Waals surface area contributed by atoms with Crippen LogP contribution in [0.2, 0.25) is 0 Å². The molecule has 0 radical (unpaired) electrons.